The molecule has 3 aromatic rings. The SMILES string of the molecule is C=CCc1ccc(OCCCn2c(CCNC(=O)C3CCCO3)nc3ccccc32)c(OC)c1. The molecular formula is C27H33N3O4. The largest absolute Gasteiger partial charge is 0.493 e. The number of para-hydroxylation sites is 2. The summed E-state index contributed by atoms with van der Waals surface area (Å²) in [6, 6.07) is 14.1. The molecule has 0 aliphatic carbocycles. The minimum atomic E-state index is -0.307. The number of aryl methyl sites for hydroxylation is 1. The van der Waals surface area contributed by atoms with E-state index in [4.69, 9.17) is 19.2 Å². The van der Waals surface area contributed by atoms with E-state index in [1.807, 2.05) is 42.5 Å². The van der Waals surface area contributed by atoms with Crippen LogP contribution in [0.5, 0.6) is 11.5 Å². The summed E-state index contributed by atoms with van der Waals surface area (Å²) in [7, 11) is 1.65. The van der Waals surface area contributed by atoms with Gasteiger partial charge in [-0.2, -0.15) is 0 Å². The van der Waals surface area contributed by atoms with Crippen molar-refractivity contribution in [1.82, 2.24) is 14.9 Å². The lowest BCUT2D eigenvalue weighted by Crippen LogP contribution is -2.35. The third-order valence-corrected chi connectivity index (χ3v) is 6.00. The van der Waals surface area contributed by atoms with Crippen molar-refractivity contribution in [3.8, 4) is 11.5 Å². The highest BCUT2D eigenvalue weighted by molar-refractivity contribution is 5.81. The van der Waals surface area contributed by atoms with Crippen LogP contribution in [0, 0.1) is 0 Å². The average Bonchev–Trinajstić information content (AvgIpc) is 3.51. The van der Waals surface area contributed by atoms with Crippen LogP contribution in [-0.2, 0) is 28.9 Å². The van der Waals surface area contributed by atoms with Crippen molar-refractivity contribution in [3.05, 3.63) is 66.5 Å². The van der Waals surface area contributed by atoms with Crippen LogP contribution in [0.2, 0.25) is 0 Å². The summed E-state index contributed by atoms with van der Waals surface area (Å²) >= 11 is 0. The molecule has 1 saturated heterocycles. The molecule has 0 spiro atoms. The highest BCUT2D eigenvalue weighted by atomic mass is 16.5. The Labute approximate surface area is 200 Å². The van der Waals surface area contributed by atoms with Gasteiger partial charge in [0.15, 0.2) is 11.5 Å². The number of aromatic nitrogens is 2. The van der Waals surface area contributed by atoms with E-state index in [9.17, 15) is 4.79 Å². The van der Waals surface area contributed by atoms with E-state index in [-0.39, 0.29) is 12.0 Å². The van der Waals surface area contributed by atoms with Gasteiger partial charge in [0, 0.05) is 26.1 Å². The quantitative estimate of drug-likeness (QED) is 0.324. The smallest absolute Gasteiger partial charge is 0.249 e. The molecule has 1 aromatic heterocycles. The number of ether oxygens (including phenoxy) is 3. The second-order valence-corrected chi connectivity index (χ2v) is 8.39. The number of methoxy groups -OCH3 is 1. The van der Waals surface area contributed by atoms with Crippen LogP contribution >= 0.6 is 0 Å². The highest BCUT2D eigenvalue weighted by Gasteiger charge is 2.23. The van der Waals surface area contributed by atoms with E-state index in [0.29, 0.717) is 26.2 Å². The molecule has 1 N–H and O–H groups in total. The molecule has 1 amide bonds. The Morgan fingerprint density at radius 2 is 2.18 bits per heavy atom. The number of imidazole rings is 1. The number of rotatable bonds is 12. The van der Waals surface area contributed by atoms with Gasteiger partial charge in [-0.1, -0.05) is 24.3 Å². The zero-order valence-corrected chi connectivity index (χ0v) is 19.8. The summed E-state index contributed by atoms with van der Waals surface area (Å²) in [5, 5.41) is 3.00. The maximum Gasteiger partial charge on any atom is 0.249 e. The number of nitrogens with zero attached hydrogens (tertiary/aromatic N) is 2. The van der Waals surface area contributed by atoms with E-state index < -0.39 is 0 Å². The third kappa shape index (κ3) is 5.78. The summed E-state index contributed by atoms with van der Waals surface area (Å²) in [5.41, 5.74) is 3.19. The lowest BCUT2D eigenvalue weighted by molar-refractivity contribution is -0.130. The van der Waals surface area contributed by atoms with Crippen molar-refractivity contribution in [2.45, 2.75) is 44.8 Å². The number of benzene rings is 2. The first-order chi connectivity index (χ1) is 16.7. The van der Waals surface area contributed by atoms with E-state index >= 15 is 0 Å². The molecule has 34 heavy (non-hydrogen) atoms. The van der Waals surface area contributed by atoms with Gasteiger partial charge in [0.05, 0.1) is 24.8 Å². The number of hydrogen-bond acceptors (Lipinski definition) is 5. The number of amides is 1. The number of nitrogens with one attached hydrogen (secondary N) is 1. The minimum Gasteiger partial charge on any atom is -0.493 e. The second kappa shape index (κ2) is 11.7. The first kappa shape index (κ1) is 23.8. The topological polar surface area (TPSA) is 74.6 Å². The number of hydrogen-bond donors (Lipinski definition) is 1. The Balaban J connectivity index is 1.35. The minimum absolute atomic E-state index is 0.0263. The summed E-state index contributed by atoms with van der Waals surface area (Å²) < 4.78 is 19.2. The van der Waals surface area contributed by atoms with E-state index in [2.05, 4.69) is 22.5 Å². The van der Waals surface area contributed by atoms with Crippen LogP contribution in [0.25, 0.3) is 11.0 Å². The Morgan fingerprint density at radius 3 is 2.97 bits per heavy atom. The fourth-order valence-corrected chi connectivity index (χ4v) is 4.29. The van der Waals surface area contributed by atoms with Crippen molar-refractivity contribution in [2.75, 3.05) is 26.9 Å². The summed E-state index contributed by atoms with van der Waals surface area (Å²) in [6.07, 6.45) is 5.57. The van der Waals surface area contributed by atoms with E-state index in [1.165, 1.54) is 0 Å². The molecule has 4 rings (SSSR count). The highest BCUT2D eigenvalue weighted by Crippen LogP contribution is 2.28. The molecule has 0 radical (unpaired) electrons. The molecule has 180 valence electrons. The zero-order chi connectivity index (χ0) is 23.8. The Morgan fingerprint density at radius 1 is 1.29 bits per heavy atom. The van der Waals surface area contributed by atoms with Gasteiger partial charge >= 0.3 is 0 Å². The van der Waals surface area contributed by atoms with E-state index in [1.54, 1.807) is 7.11 Å². The molecule has 1 aliphatic heterocycles. The molecule has 2 aromatic carbocycles. The van der Waals surface area contributed by atoms with Gasteiger partial charge in [-0.25, -0.2) is 4.98 Å². The maximum absolute atomic E-state index is 12.3. The lowest BCUT2D eigenvalue weighted by atomic mass is 10.1. The predicted molar refractivity (Wildman–Crippen MR) is 132 cm³/mol. The van der Waals surface area contributed by atoms with Crippen molar-refractivity contribution < 1.29 is 19.0 Å². The van der Waals surface area contributed by atoms with Gasteiger partial charge in [0.2, 0.25) is 5.91 Å². The molecule has 7 heteroatoms. The maximum atomic E-state index is 12.3. The molecule has 0 bridgehead atoms. The number of carbonyl (C=O) groups is 1. The Kier molecular flexibility index (Phi) is 8.20. The molecule has 7 nitrogen and oxygen atoms in total. The van der Waals surface area contributed by atoms with Gasteiger partial charge < -0.3 is 24.1 Å². The van der Waals surface area contributed by atoms with Crippen LogP contribution in [0.4, 0.5) is 0 Å². The first-order valence-corrected chi connectivity index (χ1v) is 11.9. The van der Waals surface area contributed by atoms with Gasteiger partial charge in [-0.15, -0.1) is 6.58 Å². The van der Waals surface area contributed by atoms with Gasteiger partial charge in [-0.3, -0.25) is 4.79 Å². The predicted octanol–water partition coefficient (Wildman–Crippen LogP) is 4.08. The van der Waals surface area contributed by atoms with Crippen LogP contribution in [0.15, 0.2) is 55.1 Å². The molecule has 1 aliphatic rings. The fraction of sp³-hybridized carbons (Fsp3) is 0.407. The monoisotopic (exact) mass is 463 g/mol. The van der Waals surface area contributed by atoms with Crippen LogP contribution in [0.3, 0.4) is 0 Å². The summed E-state index contributed by atoms with van der Waals surface area (Å²) in [6.45, 7) is 6.31. The summed E-state index contributed by atoms with van der Waals surface area (Å²) in [5.74, 6) is 2.40. The number of fused-ring (bicyclic) bond motifs is 1. The van der Waals surface area contributed by atoms with Crippen molar-refractivity contribution >= 4 is 16.9 Å². The molecular weight excluding hydrogens is 430 g/mol. The number of allylic oxidation sites excluding steroid dienone is 1. The summed E-state index contributed by atoms with van der Waals surface area (Å²) in [4.78, 5) is 17.1. The van der Waals surface area contributed by atoms with Gasteiger partial charge in [-0.05, 0) is 55.5 Å². The standard InChI is InChI=1S/C27H33N3O4/c1-3-8-20-12-13-23(25(19-20)32-2)33-18-7-16-30-22-10-5-4-9-21(22)29-26(30)14-15-28-27(31)24-11-6-17-34-24/h3-5,9-10,12-13,19,24H,1,6-8,11,14-18H2,2H3,(H,28,31). The van der Waals surface area contributed by atoms with Crippen LogP contribution in [-0.4, -0.2) is 48.4 Å². The van der Waals surface area contributed by atoms with Crippen LogP contribution in [0.1, 0.15) is 30.7 Å². The second-order valence-electron chi connectivity index (χ2n) is 8.39. The normalized spacial score (nSPS) is 15.4. The first-order valence-electron chi connectivity index (χ1n) is 11.9. The fourth-order valence-electron chi connectivity index (χ4n) is 4.29. The van der Waals surface area contributed by atoms with Gasteiger partial charge in [0.25, 0.3) is 0 Å². The third-order valence-electron chi connectivity index (χ3n) is 6.00. The van der Waals surface area contributed by atoms with Crippen molar-refractivity contribution in [3.63, 3.8) is 0 Å². The van der Waals surface area contributed by atoms with Crippen molar-refractivity contribution in [1.29, 1.82) is 0 Å². The zero-order valence-electron chi connectivity index (χ0n) is 19.8. The van der Waals surface area contributed by atoms with Gasteiger partial charge in [0.1, 0.15) is 11.9 Å². The molecule has 1 fully saturated rings. The lowest BCUT2D eigenvalue weighted by Gasteiger charge is -2.14. The number of carbonyl (C=O) groups excluding carboxylic acids is 1. The Hall–Kier alpha value is -3.32. The molecule has 2 heterocycles. The van der Waals surface area contributed by atoms with Crippen molar-refractivity contribution in [2.24, 2.45) is 0 Å². The Bertz CT molecular complexity index is 1120. The van der Waals surface area contributed by atoms with E-state index in [0.717, 1.165) is 66.1 Å². The molecule has 1 atom stereocenters. The molecule has 1 unspecified atom stereocenters. The molecule has 0 saturated carbocycles. The average molecular weight is 464 g/mol. The van der Waals surface area contributed by atoms with Crippen LogP contribution < -0.4 is 14.8 Å².